The van der Waals surface area contributed by atoms with Crippen molar-refractivity contribution in [3.05, 3.63) is 23.7 Å². The minimum absolute atomic E-state index is 0.0705. The molecule has 4 nitrogen and oxygen atoms in total. The van der Waals surface area contributed by atoms with Gasteiger partial charge in [-0.3, -0.25) is 4.90 Å². The molecule has 0 saturated heterocycles. The largest absolute Gasteiger partial charge is 0.475 e. The van der Waals surface area contributed by atoms with E-state index in [0.29, 0.717) is 12.6 Å². The fourth-order valence-corrected chi connectivity index (χ4v) is 1.87. The van der Waals surface area contributed by atoms with Gasteiger partial charge >= 0.3 is 5.97 Å². The third-order valence-electron chi connectivity index (χ3n) is 3.06. The fraction of sp³-hybridized carbons (Fsp3) is 0.545. The molecule has 1 N–H and O–H groups in total. The number of aromatic carboxylic acids is 1. The maximum Gasteiger partial charge on any atom is 0.372 e. The molecule has 0 radical (unpaired) electrons. The molecule has 1 heterocycles. The van der Waals surface area contributed by atoms with Gasteiger partial charge in [0.25, 0.3) is 0 Å². The number of carbonyl (C=O) groups is 1. The molecule has 0 bridgehead atoms. The molecular weight excluding hydrogens is 194 g/mol. The quantitative estimate of drug-likeness (QED) is 0.823. The SMILES string of the molecule is CN(Cc1ccoc1C(=O)O)C1CCC1. The Morgan fingerprint density at radius 2 is 2.40 bits per heavy atom. The summed E-state index contributed by atoms with van der Waals surface area (Å²) in [7, 11) is 2.03. The van der Waals surface area contributed by atoms with Gasteiger partial charge in [-0.05, 0) is 26.0 Å². The van der Waals surface area contributed by atoms with Gasteiger partial charge in [-0.1, -0.05) is 6.42 Å². The highest BCUT2D eigenvalue weighted by Crippen LogP contribution is 2.25. The number of carboxylic acids is 1. The van der Waals surface area contributed by atoms with Gasteiger partial charge in [-0.2, -0.15) is 0 Å². The van der Waals surface area contributed by atoms with Crippen molar-refractivity contribution in [2.24, 2.45) is 0 Å². The lowest BCUT2D eigenvalue weighted by Crippen LogP contribution is -2.36. The number of rotatable bonds is 4. The molecule has 0 aromatic carbocycles. The van der Waals surface area contributed by atoms with Crippen LogP contribution in [0, 0.1) is 0 Å². The minimum Gasteiger partial charge on any atom is -0.475 e. The average Bonchev–Trinajstić information content (AvgIpc) is 2.48. The van der Waals surface area contributed by atoms with Crippen molar-refractivity contribution in [1.29, 1.82) is 0 Å². The molecule has 0 amide bonds. The summed E-state index contributed by atoms with van der Waals surface area (Å²) < 4.78 is 4.93. The number of furan rings is 1. The Morgan fingerprint density at radius 3 is 2.93 bits per heavy atom. The third-order valence-corrected chi connectivity index (χ3v) is 3.06. The highest BCUT2D eigenvalue weighted by atomic mass is 16.4. The van der Waals surface area contributed by atoms with Gasteiger partial charge < -0.3 is 9.52 Å². The van der Waals surface area contributed by atoms with Crippen molar-refractivity contribution in [3.8, 4) is 0 Å². The van der Waals surface area contributed by atoms with Crippen LogP contribution in [0.3, 0.4) is 0 Å². The molecule has 0 aliphatic heterocycles. The Labute approximate surface area is 88.5 Å². The molecule has 1 saturated carbocycles. The monoisotopic (exact) mass is 209 g/mol. The molecule has 4 heteroatoms. The van der Waals surface area contributed by atoms with E-state index in [1.807, 2.05) is 7.05 Å². The second kappa shape index (κ2) is 4.06. The summed E-state index contributed by atoms with van der Waals surface area (Å²) in [4.78, 5) is 13.0. The van der Waals surface area contributed by atoms with Crippen molar-refractivity contribution >= 4 is 5.97 Å². The Balaban J connectivity index is 2.02. The van der Waals surface area contributed by atoms with Crippen LogP contribution in [0.15, 0.2) is 16.7 Å². The summed E-state index contributed by atoms with van der Waals surface area (Å²) in [5.41, 5.74) is 0.761. The first-order valence-electron chi connectivity index (χ1n) is 5.18. The van der Waals surface area contributed by atoms with Crippen LogP contribution < -0.4 is 0 Å². The van der Waals surface area contributed by atoms with Gasteiger partial charge in [0.2, 0.25) is 5.76 Å². The van der Waals surface area contributed by atoms with Crippen LogP contribution in [-0.4, -0.2) is 29.1 Å². The maximum atomic E-state index is 10.8. The molecular formula is C11H15NO3. The molecule has 0 unspecified atom stereocenters. The maximum absolute atomic E-state index is 10.8. The predicted octanol–water partition coefficient (Wildman–Crippen LogP) is 1.96. The molecule has 1 aromatic rings. The van der Waals surface area contributed by atoms with E-state index in [2.05, 4.69) is 4.90 Å². The van der Waals surface area contributed by atoms with Crippen molar-refractivity contribution in [2.75, 3.05) is 7.05 Å². The van der Waals surface area contributed by atoms with Crippen LogP contribution in [0.1, 0.15) is 35.4 Å². The fourth-order valence-electron chi connectivity index (χ4n) is 1.87. The highest BCUT2D eigenvalue weighted by Gasteiger charge is 2.24. The van der Waals surface area contributed by atoms with E-state index in [-0.39, 0.29) is 5.76 Å². The zero-order valence-corrected chi connectivity index (χ0v) is 8.77. The van der Waals surface area contributed by atoms with Crippen molar-refractivity contribution < 1.29 is 14.3 Å². The molecule has 82 valence electrons. The van der Waals surface area contributed by atoms with E-state index in [4.69, 9.17) is 9.52 Å². The lowest BCUT2D eigenvalue weighted by atomic mass is 9.91. The summed E-state index contributed by atoms with van der Waals surface area (Å²) in [5, 5.41) is 8.86. The van der Waals surface area contributed by atoms with Crippen LogP contribution in [0.2, 0.25) is 0 Å². The van der Waals surface area contributed by atoms with E-state index in [1.54, 1.807) is 6.07 Å². The molecule has 1 aliphatic rings. The standard InChI is InChI=1S/C11H15NO3/c1-12(9-3-2-4-9)7-8-5-6-15-10(8)11(13)14/h5-6,9H,2-4,7H2,1H3,(H,13,14). The van der Waals surface area contributed by atoms with Gasteiger partial charge in [0.05, 0.1) is 6.26 Å². The smallest absolute Gasteiger partial charge is 0.372 e. The average molecular weight is 209 g/mol. The van der Waals surface area contributed by atoms with Crippen LogP contribution in [0.5, 0.6) is 0 Å². The summed E-state index contributed by atoms with van der Waals surface area (Å²) >= 11 is 0. The zero-order valence-electron chi connectivity index (χ0n) is 8.77. The first-order valence-corrected chi connectivity index (χ1v) is 5.18. The van der Waals surface area contributed by atoms with Crippen molar-refractivity contribution in [2.45, 2.75) is 31.8 Å². The summed E-state index contributed by atoms with van der Waals surface area (Å²) in [6.07, 6.45) is 5.16. The number of hydrogen-bond acceptors (Lipinski definition) is 3. The Hall–Kier alpha value is -1.29. The minimum atomic E-state index is -0.989. The van der Waals surface area contributed by atoms with Crippen LogP contribution >= 0.6 is 0 Å². The zero-order chi connectivity index (χ0) is 10.8. The van der Waals surface area contributed by atoms with Gasteiger partial charge in [-0.25, -0.2) is 4.79 Å². The first kappa shape index (κ1) is 10.2. The topological polar surface area (TPSA) is 53.7 Å². The first-order chi connectivity index (χ1) is 7.18. The van der Waals surface area contributed by atoms with E-state index in [9.17, 15) is 4.79 Å². The Morgan fingerprint density at radius 1 is 1.67 bits per heavy atom. The molecule has 1 aliphatic carbocycles. The summed E-state index contributed by atoms with van der Waals surface area (Å²) in [5.74, 6) is -0.918. The van der Waals surface area contributed by atoms with E-state index in [1.165, 1.54) is 25.5 Å². The van der Waals surface area contributed by atoms with Gasteiger partial charge in [0.1, 0.15) is 0 Å². The van der Waals surface area contributed by atoms with E-state index < -0.39 is 5.97 Å². The van der Waals surface area contributed by atoms with Crippen molar-refractivity contribution in [3.63, 3.8) is 0 Å². The number of nitrogens with zero attached hydrogens (tertiary/aromatic N) is 1. The second-order valence-electron chi connectivity index (χ2n) is 4.08. The van der Waals surface area contributed by atoms with Gasteiger partial charge in [0.15, 0.2) is 0 Å². The Bertz CT molecular complexity index is 354. The number of carboxylic acid groups (broad SMARTS) is 1. The molecule has 0 spiro atoms. The lowest BCUT2D eigenvalue weighted by molar-refractivity contribution is 0.0657. The van der Waals surface area contributed by atoms with Crippen molar-refractivity contribution in [1.82, 2.24) is 4.90 Å². The Kier molecular flexibility index (Phi) is 2.77. The van der Waals surface area contributed by atoms with Crippen LogP contribution in [-0.2, 0) is 6.54 Å². The van der Waals surface area contributed by atoms with Gasteiger partial charge in [0, 0.05) is 18.2 Å². The lowest BCUT2D eigenvalue weighted by Gasteiger charge is -2.34. The third kappa shape index (κ3) is 2.04. The number of hydrogen-bond donors (Lipinski definition) is 1. The highest BCUT2D eigenvalue weighted by molar-refractivity contribution is 5.86. The normalized spacial score (nSPS) is 16.7. The molecule has 1 aromatic heterocycles. The summed E-state index contributed by atoms with van der Waals surface area (Å²) in [6, 6.07) is 2.35. The van der Waals surface area contributed by atoms with Crippen LogP contribution in [0.25, 0.3) is 0 Å². The van der Waals surface area contributed by atoms with E-state index >= 15 is 0 Å². The molecule has 0 atom stereocenters. The second-order valence-corrected chi connectivity index (χ2v) is 4.08. The molecule has 1 fully saturated rings. The van der Waals surface area contributed by atoms with E-state index in [0.717, 1.165) is 5.56 Å². The predicted molar refractivity (Wildman–Crippen MR) is 54.8 cm³/mol. The summed E-state index contributed by atoms with van der Waals surface area (Å²) in [6.45, 7) is 0.656. The molecule has 15 heavy (non-hydrogen) atoms. The molecule has 2 rings (SSSR count). The van der Waals surface area contributed by atoms with Gasteiger partial charge in [-0.15, -0.1) is 0 Å². The van der Waals surface area contributed by atoms with Crippen LogP contribution in [0.4, 0.5) is 0 Å².